The van der Waals surface area contributed by atoms with Gasteiger partial charge in [0.2, 0.25) is 11.8 Å². The summed E-state index contributed by atoms with van der Waals surface area (Å²) in [6.45, 7) is 11.7. The fourth-order valence-electron chi connectivity index (χ4n) is 3.80. The lowest BCUT2D eigenvalue weighted by Crippen LogP contribution is -2.49. The van der Waals surface area contributed by atoms with Crippen LogP contribution in [-0.2, 0) is 9.59 Å². The van der Waals surface area contributed by atoms with Crippen molar-refractivity contribution in [3.8, 4) is 0 Å². The largest absolute Gasteiger partial charge is 0.368 e. The van der Waals surface area contributed by atoms with Crippen LogP contribution in [0.3, 0.4) is 0 Å². The number of nitrogens with one attached hydrogen (secondary N) is 1. The third-order valence-corrected chi connectivity index (χ3v) is 5.75. The van der Waals surface area contributed by atoms with Gasteiger partial charge in [-0.15, -0.1) is 0 Å². The van der Waals surface area contributed by atoms with Crippen LogP contribution in [0.1, 0.15) is 51.2 Å². The molecule has 3 rings (SSSR count). The molecule has 32 heavy (non-hydrogen) atoms. The van der Waals surface area contributed by atoms with Gasteiger partial charge in [0.1, 0.15) is 0 Å². The van der Waals surface area contributed by atoms with Crippen LogP contribution in [0, 0.1) is 5.92 Å². The smallest absolute Gasteiger partial charge is 0.248 e. The zero-order valence-corrected chi connectivity index (χ0v) is 19.7. The summed E-state index contributed by atoms with van der Waals surface area (Å²) in [6.07, 6.45) is 4.01. The Kier molecular flexibility index (Phi) is 8.09. The van der Waals surface area contributed by atoms with Crippen molar-refractivity contribution in [3.63, 3.8) is 0 Å². The highest BCUT2D eigenvalue weighted by Gasteiger charge is 2.21. The highest BCUT2D eigenvalue weighted by atomic mass is 16.2. The summed E-state index contributed by atoms with van der Waals surface area (Å²) in [5, 5.41) is 2.91. The van der Waals surface area contributed by atoms with E-state index in [0.29, 0.717) is 18.3 Å². The lowest BCUT2D eigenvalue weighted by atomic mass is 10.0. The van der Waals surface area contributed by atoms with Crippen LogP contribution in [0.15, 0.2) is 54.6 Å². The predicted molar refractivity (Wildman–Crippen MR) is 133 cm³/mol. The molecule has 0 aliphatic carbocycles. The highest BCUT2D eigenvalue weighted by molar-refractivity contribution is 6.02. The van der Waals surface area contributed by atoms with Gasteiger partial charge in [-0.3, -0.25) is 9.59 Å². The molecule has 0 radical (unpaired) electrons. The summed E-state index contributed by atoms with van der Waals surface area (Å²) >= 11 is 0. The van der Waals surface area contributed by atoms with E-state index in [4.69, 9.17) is 0 Å². The van der Waals surface area contributed by atoms with Crippen molar-refractivity contribution < 1.29 is 9.59 Å². The number of carbonyl (C=O) groups excluding carboxylic acids is 2. The van der Waals surface area contributed by atoms with E-state index in [9.17, 15) is 9.59 Å². The molecule has 170 valence electrons. The molecule has 0 unspecified atom stereocenters. The molecule has 1 saturated heterocycles. The Bertz CT molecular complexity index is 922. The van der Waals surface area contributed by atoms with Crippen molar-refractivity contribution in [1.29, 1.82) is 0 Å². The molecular formula is C27H35N3O2. The van der Waals surface area contributed by atoms with Crippen LogP contribution in [0.4, 0.5) is 11.4 Å². The monoisotopic (exact) mass is 433 g/mol. The first-order valence-corrected chi connectivity index (χ1v) is 11.5. The van der Waals surface area contributed by atoms with Crippen LogP contribution in [0.25, 0.3) is 6.08 Å². The Morgan fingerprint density at radius 1 is 0.906 bits per heavy atom. The predicted octanol–water partition coefficient (Wildman–Crippen LogP) is 5.16. The summed E-state index contributed by atoms with van der Waals surface area (Å²) in [7, 11) is 0. The first kappa shape index (κ1) is 23.6. The maximum atomic E-state index is 12.3. The van der Waals surface area contributed by atoms with E-state index in [0.717, 1.165) is 43.1 Å². The summed E-state index contributed by atoms with van der Waals surface area (Å²) in [4.78, 5) is 28.8. The quantitative estimate of drug-likeness (QED) is 0.614. The summed E-state index contributed by atoms with van der Waals surface area (Å²) in [5.74, 6) is 0.990. The van der Waals surface area contributed by atoms with Gasteiger partial charge in [0.15, 0.2) is 0 Å². The number of amides is 2. The third kappa shape index (κ3) is 6.71. The number of hydrogen-bond acceptors (Lipinski definition) is 3. The maximum absolute atomic E-state index is 12.3. The van der Waals surface area contributed by atoms with Crippen molar-refractivity contribution in [2.75, 3.05) is 36.4 Å². The van der Waals surface area contributed by atoms with Gasteiger partial charge in [0.05, 0.1) is 0 Å². The van der Waals surface area contributed by atoms with E-state index in [1.54, 1.807) is 6.08 Å². The molecule has 0 atom stereocenters. The molecule has 5 heteroatoms. The zero-order chi connectivity index (χ0) is 23.1. The Morgan fingerprint density at radius 3 is 2.09 bits per heavy atom. The van der Waals surface area contributed by atoms with Gasteiger partial charge in [-0.05, 0) is 53.3 Å². The molecule has 1 heterocycles. The van der Waals surface area contributed by atoms with E-state index < -0.39 is 0 Å². The molecule has 2 aromatic carbocycles. The van der Waals surface area contributed by atoms with E-state index in [2.05, 4.69) is 50.0 Å². The number of hydrogen-bond donors (Lipinski definition) is 1. The summed E-state index contributed by atoms with van der Waals surface area (Å²) < 4.78 is 0. The standard InChI is InChI=1S/C27H35N3O2/c1-20(2)19-27(32)30-17-15-29(16-18-30)25-12-10-24(11-13-25)28-26(31)14-7-22-5-8-23(9-6-22)21(3)4/h5-14,20-21H,15-19H2,1-4H3,(H,28,31)/b14-7+. The first-order valence-electron chi connectivity index (χ1n) is 11.5. The zero-order valence-electron chi connectivity index (χ0n) is 19.7. The average molecular weight is 434 g/mol. The minimum atomic E-state index is -0.150. The second-order valence-electron chi connectivity index (χ2n) is 9.16. The van der Waals surface area contributed by atoms with Crippen molar-refractivity contribution in [2.45, 2.75) is 40.0 Å². The first-order chi connectivity index (χ1) is 15.3. The van der Waals surface area contributed by atoms with E-state index in [-0.39, 0.29) is 11.8 Å². The molecule has 0 spiro atoms. The van der Waals surface area contributed by atoms with E-state index in [1.807, 2.05) is 47.4 Å². The lowest BCUT2D eigenvalue weighted by Gasteiger charge is -2.36. The Labute approximate surface area is 192 Å². The topological polar surface area (TPSA) is 52.7 Å². The number of rotatable bonds is 7. The van der Waals surface area contributed by atoms with Crippen LogP contribution in [0.5, 0.6) is 0 Å². The number of nitrogens with zero attached hydrogens (tertiary/aromatic N) is 2. The van der Waals surface area contributed by atoms with Gasteiger partial charge in [0, 0.05) is 50.1 Å². The average Bonchev–Trinajstić information content (AvgIpc) is 2.78. The number of piperazine rings is 1. The van der Waals surface area contributed by atoms with Gasteiger partial charge in [0.25, 0.3) is 0 Å². The van der Waals surface area contributed by atoms with Crippen molar-refractivity contribution in [2.24, 2.45) is 5.92 Å². The molecule has 5 nitrogen and oxygen atoms in total. The fourth-order valence-corrected chi connectivity index (χ4v) is 3.80. The normalized spacial score (nSPS) is 14.4. The summed E-state index contributed by atoms with van der Waals surface area (Å²) in [6, 6.07) is 16.2. The van der Waals surface area contributed by atoms with E-state index in [1.165, 1.54) is 5.56 Å². The Hall–Kier alpha value is -3.08. The molecule has 2 amide bonds. The second kappa shape index (κ2) is 11.0. The molecule has 1 aliphatic heterocycles. The summed E-state index contributed by atoms with van der Waals surface area (Å²) in [5.41, 5.74) is 4.17. The Morgan fingerprint density at radius 2 is 1.53 bits per heavy atom. The fraction of sp³-hybridized carbons (Fsp3) is 0.407. The van der Waals surface area contributed by atoms with Crippen molar-refractivity contribution >= 4 is 29.3 Å². The molecule has 1 N–H and O–H groups in total. The minimum Gasteiger partial charge on any atom is -0.368 e. The van der Waals surface area contributed by atoms with Crippen LogP contribution < -0.4 is 10.2 Å². The number of anilines is 2. The minimum absolute atomic E-state index is 0.150. The third-order valence-electron chi connectivity index (χ3n) is 5.75. The van der Waals surface area contributed by atoms with E-state index >= 15 is 0 Å². The lowest BCUT2D eigenvalue weighted by molar-refractivity contribution is -0.132. The van der Waals surface area contributed by atoms with Gasteiger partial charge in [-0.2, -0.15) is 0 Å². The molecule has 0 bridgehead atoms. The molecular weight excluding hydrogens is 398 g/mol. The highest BCUT2D eigenvalue weighted by Crippen LogP contribution is 2.20. The molecule has 1 aliphatic rings. The molecule has 0 aromatic heterocycles. The Balaban J connectivity index is 1.49. The van der Waals surface area contributed by atoms with Gasteiger partial charge in [-0.1, -0.05) is 52.0 Å². The van der Waals surface area contributed by atoms with Gasteiger partial charge >= 0.3 is 0 Å². The number of carbonyl (C=O) groups is 2. The van der Waals surface area contributed by atoms with Crippen molar-refractivity contribution in [3.05, 3.63) is 65.7 Å². The van der Waals surface area contributed by atoms with Crippen LogP contribution in [0.2, 0.25) is 0 Å². The molecule has 2 aromatic rings. The molecule has 0 saturated carbocycles. The SMILES string of the molecule is CC(C)CC(=O)N1CCN(c2ccc(NC(=O)/C=C/c3ccc(C(C)C)cc3)cc2)CC1. The molecule has 1 fully saturated rings. The number of benzene rings is 2. The van der Waals surface area contributed by atoms with Crippen LogP contribution in [-0.4, -0.2) is 42.9 Å². The second-order valence-corrected chi connectivity index (χ2v) is 9.16. The van der Waals surface area contributed by atoms with Gasteiger partial charge < -0.3 is 15.1 Å². The van der Waals surface area contributed by atoms with Crippen molar-refractivity contribution in [1.82, 2.24) is 4.90 Å². The van der Waals surface area contributed by atoms with Gasteiger partial charge in [-0.25, -0.2) is 0 Å². The maximum Gasteiger partial charge on any atom is 0.248 e. The van der Waals surface area contributed by atoms with Crippen LogP contribution >= 0.6 is 0 Å².